The molecule has 2 saturated heterocycles. The number of carbonyl (C=O) groups is 1. The lowest BCUT2D eigenvalue weighted by molar-refractivity contribution is 0.0746. The highest BCUT2D eigenvalue weighted by Gasteiger charge is 2.38. The lowest BCUT2D eigenvalue weighted by Gasteiger charge is -2.15. The van der Waals surface area contributed by atoms with E-state index in [9.17, 15) is 4.79 Å². The van der Waals surface area contributed by atoms with E-state index < -0.39 is 0 Å². The Morgan fingerprint density at radius 2 is 1.88 bits per heavy atom. The molecule has 0 saturated carbocycles. The Hall–Kier alpha value is -1.79. The lowest BCUT2D eigenvalue weighted by Crippen LogP contribution is -2.31. The molecule has 6 heteroatoms. The predicted molar refractivity (Wildman–Crippen MR) is 92.9 cm³/mol. The normalized spacial score (nSPS) is 22.6. The van der Waals surface area contributed by atoms with Crippen molar-refractivity contribution in [2.24, 2.45) is 11.8 Å². The smallest absolute Gasteiger partial charge is 0.289 e. The van der Waals surface area contributed by atoms with Crippen molar-refractivity contribution in [1.82, 2.24) is 10.2 Å². The van der Waals surface area contributed by atoms with Crippen LogP contribution >= 0.6 is 15.9 Å². The van der Waals surface area contributed by atoms with Gasteiger partial charge in [0.2, 0.25) is 0 Å². The van der Waals surface area contributed by atoms with Gasteiger partial charge in [-0.3, -0.25) is 4.79 Å². The van der Waals surface area contributed by atoms with Crippen LogP contribution in [0.4, 0.5) is 0 Å². The van der Waals surface area contributed by atoms with Gasteiger partial charge in [0.15, 0.2) is 5.76 Å². The van der Waals surface area contributed by atoms with Crippen molar-refractivity contribution in [3.05, 3.63) is 52.4 Å². The molecule has 1 aromatic heterocycles. The molecule has 1 aromatic carbocycles. The highest BCUT2D eigenvalue weighted by Crippen LogP contribution is 2.28. The van der Waals surface area contributed by atoms with Crippen LogP contribution in [0.3, 0.4) is 0 Å². The minimum Gasteiger partial charge on any atom is -0.486 e. The van der Waals surface area contributed by atoms with Gasteiger partial charge in [0.1, 0.15) is 18.1 Å². The first-order valence-corrected chi connectivity index (χ1v) is 8.95. The number of hydrogen-bond acceptors (Lipinski definition) is 4. The molecule has 2 fully saturated rings. The molecular weight excluding hydrogens is 372 g/mol. The average Bonchev–Trinajstić information content (AvgIpc) is 3.29. The third-order valence-electron chi connectivity index (χ3n) is 4.74. The summed E-state index contributed by atoms with van der Waals surface area (Å²) in [6.07, 6.45) is 0. The molecule has 2 aliphatic heterocycles. The lowest BCUT2D eigenvalue weighted by atomic mass is 10.0. The van der Waals surface area contributed by atoms with Crippen molar-refractivity contribution in [3.63, 3.8) is 0 Å². The minimum absolute atomic E-state index is 0.0145. The zero-order valence-corrected chi connectivity index (χ0v) is 14.8. The molecule has 3 heterocycles. The van der Waals surface area contributed by atoms with Crippen molar-refractivity contribution in [1.29, 1.82) is 0 Å². The summed E-state index contributed by atoms with van der Waals surface area (Å²) in [6.45, 7) is 3.98. The quantitative estimate of drug-likeness (QED) is 0.871. The molecule has 0 radical (unpaired) electrons. The fourth-order valence-corrected chi connectivity index (χ4v) is 3.70. The summed E-state index contributed by atoms with van der Waals surface area (Å²) in [5.41, 5.74) is 0. The van der Waals surface area contributed by atoms with Gasteiger partial charge < -0.3 is 19.4 Å². The first-order chi connectivity index (χ1) is 11.7. The van der Waals surface area contributed by atoms with Gasteiger partial charge in [-0.15, -0.1) is 0 Å². The number of fused-ring (bicyclic) bond motifs is 1. The number of ether oxygens (including phenoxy) is 1. The number of carbonyl (C=O) groups excluding carboxylic acids is 1. The number of hydrogen-bond donors (Lipinski definition) is 1. The first-order valence-electron chi connectivity index (χ1n) is 8.16. The maximum atomic E-state index is 12.6. The predicted octanol–water partition coefficient (Wildman–Crippen LogP) is 2.91. The zero-order valence-electron chi connectivity index (χ0n) is 13.2. The van der Waals surface area contributed by atoms with Crippen LogP contribution in [0.15, 0.2) is 45.3 Å². The number of nitrogens with zero attached hydrogens (tertiary/aromatic N) is 1. The Bertz CT molecular complexity index is 716. The van der Waals surface area contributed by atoms with Gasteiger partial charge in [-0.05, 0) is 48.2 Å². The monoisotopic (exact) mass is 390 g/mol. The number of likely N-dealkylation sites (tertiary alicyclic amines) is 1. The molecule has 0 spiro atoms. The molecule has 2 atom stereocenters. The van der Waals surface area contributed by atoms with Crippen LogP contribution in [0.5, 0.6) is 5.75 Å². The van der Waals surface area contributed by atoms with E-state index in [-0.39, 0.29) is 5.91 Å². The number of amides is 1. The number of nitrogens with one attached hydrogen (secondary N) is 1. The molecule has 4 rings (SSSR count). The van der Waals surface area contributed by atoms with Crippen molar-refractivity contribution in [2.45, 2.75) is 6.61 Å². The molecule has 0 unspecified atom stereocenters. The third kappa shape index (κ3) is 3.21. The van der Waals surface area contributed by atoms with Gasteiger partial charge >= 0.3 is 0 Å². The Morgan fingerprint density at radius 1 is 1.17 bits per heavy atom. The van der Waals surface area contributed by atoms with E-state index in [2.05, 4.69) is 21.2 Å². The van der Waals surface area contributed by atoms with Crippen molar-refractivity contribution < 1.29 is 13.9 Å². The first kappa shape index (κ1) is 15.7. The molecule has 126 valence electrons. The summed E-state index contributed by atoms with van der Waals surface area (Å²) in [6, 6.07) is 11.2. The number of halogens is 1. The van der Waals surface area contributed by atoms with Crippen molar-refractivity contribution in [2.75, 3.05) is 26.2 Å². The van der Waals surface area contributed by atoms with E-state index >= 15 is 0 Å². The van der Waals surface area contributed by atoms with Crippen LogP contribution < -0.4 is 10.1 Å². The topological polar surface area (TPSA) is 54.7 Å². The van der Waals surface area contributed by atoms with Gasteiger partial charge in [-0.1, -0.05) is 15.9 Å². The molecule has 2 aromatic rings. The molecule has 1 amide bonds. The Balaban J connectivity index is 1.36. The van der Waals surface area contributed by atoms with Gasteiger partial charge in [0, 0.05) is 30.7 Å². The highest BCUT2D eigenvalue weighted by atomic mass is 79.9. The minimum atomic E-state index is -0.0145. The SMILES string of the molecule is O=C(c1ccc(COc2ccc(Br)cc2)o1)N1C[C@H]2CNC[C@H]2C1. The van der Waals surface area contributed by atoms with Gasteiger partial charge in [-0.25, -0.2) is 0 Å². The molecule has 24 heavy (non-hydrogen) atoms. The number of furan rings is 1. The summed E-state index contributed by atoms with van der Waals surface area (Å²) < 4.78 is 12.4. The van der Waals surface area contributed by atoms with E-state index in [1.54, 1.807) is 6.07 Å². The van der Waals surface area contributed by atoms with Crippen LogP contribution in [-0.4, -0.2) is 37.0 Å². The molecule has 1 N–H and O–H groups in total. The molecule has 2 aliphatic rings. The number of rotatable bonds is 4. The summed E-state index contributed by atoms with van der Waals surface area (Å²) in [4.78, 5) is 14.5. The van der Waals surface area contributed by atoms with Crippen LogP contribution in [-0.2, 0) is 6.61 Å². The average molecular weight is 391 g/mol. The van der Waals surface area contributed by atoms with Crippen LogP contribution in [0.25, 0.3) is 0 Å². The Kier molecular flexibility index (Phi) is 4.33. The van der Waals surface area contributed by atoms with Crippen molar-refractivity contribution in [3.8, 4) is 5.75 Å². The van der Waals surface area contributed by atoms with E-state index in [1.807, 2.05) is 35.2 Å². The summed E-state index contributed by atoms with van der Waals surface area (Å²) in [7, 11) is 0. The fraction of sp³-hybridized carbons (Fsp3) is 0.389. The summed E-state index contributed by atoms with van der Waals surface area (Å²) >= 11 is 3.39. The van der Waals surface area contributed by atoms with E-state index in [4.69, 9.17) is 9.15 Å². The second-order valence-electron chi connectivity index (χ2n) is 6.40. The Morgan fingerprint density at radius 3 is 2.58 bits per heavy atom. The van der Waals surface area contributed by atoms with Gasteiger partial charge in [0.05, 0.1) is 0 Å². The van der Waals surface area contributed by atoms with E-state index in [0.29, 0.717) is 30.0 Å². The molecule has 0 bridgehead atoms. The molecule has 5 nitrogen and oxygen atoms in total. The fourth-order valence-electron chi connectivity index (χ4n) is 3.43. The number of benzene rings is 1. The van der Waals surface area contributed by atoms with Crippen LogP contribution in [0.1, 0.15) is 16.3 Å². The summed E-state index contributed by atoms with van der Waals surface area (Å²) in [5.74, 6) is 2.98. The second-order valence-corrected chi connectivity index (χ2v) is 7.31. The van der Waals surface area contributed by atoms with Crippen LogP contribution in [0, 0.1) is 11.8 Å². The van der Waals surface area contributed by atoms with Gasteiger partial charge in [0.25, 0.3) is 5.91 Å². The maximum absolute atomic E-state index is 12.6. The van der Waals surface area contributed by atoms with Gasteiger partial charge in [-0.2, -0.15) is 0 Å². The van der Waals surface area contributed by atoms with Crippen LogP contribution in [0.2, 0.25) is 0 Å². The molecule has 0 aliphatic carbocycles. The third-order valence-corrected chi connectivity index (χ3v) is 5.27. The largest absolute Gasteiger partial charge is 0.486 e. The van der Waals surface area contributed by atoms with E-state index in [1.165, 1.54) is 0 Å². The highest BCUT2D eigenvalue weighted by molar-refractivity contribution is 9.10. The zero-order chi connectivity index (χ0) is 16.5. The molecular formula is C18H19BrN2O3. The summed E-state index contributed by atoms with van der Waals surface area (Å²) in [5, 5.41) is 3.38. The van der Waals surface area contributed by atoms with E-state index in [0.717, 1.165) is 36.4 Å². The standard InChI is InChI=1S/C18H19BrN2O3/c19-14-1-3-15(4-2-14)23-11-16-5-6-17(24-16)18(22)21-9-12-7-20-8-13(12)10-21/h1-6,12-13,20H,7-11H2/t12-,13+. The maximum Gasteiger partial charge on any atom is 0.289 e. The second kappa shape index (κ2) is 6.61. The Labute approximate surface area is 149 Å². The van der Waals surface area contributed by atoms with Crippen molar-refractivity contribution >= 4 is 21.8 Å².